The zero-order valence-electron chi connectivity index (χ0n) is 4.72. The Hall–Kier alpha value is -0.830. The van der Waals surface area contributed by atoms with E-state index in [-0.39, 0.29) is 0 Å². The molecule has 44 valence electrons. The first kappa shape index (κ1) is 5.31. The van der Waals surface area contributed by atoms with Crippen LogP contribution in [0.15, 0.2) is 10.7 Å². The molecule has 0 fully saturated rings. The Kier molecular flexibility index (Phi) is 1.30. The highest BCUT2D eigenvalue weighted by Crippen LogP contribution is 2.02. The topological polar surface area (TPSA) is 52.0 Å². The summed E-state index contributed by atoms with van der Waals surface area (Å²) in [7, 11) is 0. The number of hydrogen-bond acceptors (Lipinski definition) is 3. The SMILES string of the molecule is Cc1cnoc1CN. The van der Waals surface area contributed by atoms with E-state index in [0.717, 1.165) is 11.3 Å². The molecule has 0 radical (unpaired) electrons. The van der Waals surface area contributed by atoms with Crippen LogP contribution >= 0.6 is 0 Å². The molecule has 2 N–H and O–H groups in total. The van der Waals surface area contributed by atoms with Gasteiger partial charge in [0.1, 0.15) is 0 Å². The Morgan fingerprint density at radius 2 is 2.62 bits per heavy atom. The van der Waals surface area contributed by atoms with Crippen LogP contribution in [0.1, 0.15) is 11.3 Å². The molecular weight excluding hydrogens is 104 g/mol. The first-order valence-electron chi connectivity index (χ1n) is 2.45. The van der Waals surface area contributed by atoms with Crippen molar-refractivity contribution in [3.05, 3.63) is 17.5 Å². The van der Waals surface area contributed by atoms with E-state index in [1.807, 2.05) is 6.92 Å². The summed E-state index contributed by atoms with van der Waals surface area (Å²) in [5.74, 6) is 0.769. The van der Waals surface area contributed by atoms with E-state index in [1.165, 1.54) is 0 Å². The van der Waals surface area contributed by atoms with E-state index in [1.54, 1.807) is 6.20 Å². The minimum absolute atomic E-state index is 0.436. The van der Waals surface area contributed by atoms with Gasteiger partial charge < -0.3 is 10.3 Å². The minimum atomic E-state index is 0.436. The van der Waals surface area contributed by atoms with E-state index in [9.17, 15) is 0 Å². The number of hydrogen-bond donors (Lipinski definition) is 1. The van der Waals surface area contributed by atoms with E-state index in [4.69, 9.17) is 10.3 Å². The summed E-state index contributed by atoms with van der Waals surface area (Å²) in [6.07, 6.45) is 1.65. The summed E-state index contributed by atoms with van der Waals surface area (Å²) >= 11 is 0. The van der Waals surface area contributed by atoms with Crippen molar-refractivity contribution in [2.75, 3.05) is 0 Å². The zero-order valence-corrected chi connectivity index (χ0v) is 4.72. The Labute approximate surface area is 47.5 Å². The molecule has 3 nitrogen and oxygen atoms in total. The van der Waals surface area contributed by atoms with Crippen molar-refractivity contribution in [1.82, 2.24) is 5.16 Å². The van der Waals surface area contributed by atoms with E-state index in [2.05, 4.69) is 5.16 Å². The predicted octanol–water partition coefficient (Wildman–Crippen LogP) is 0.442. The average Bonchev–Trinajstić information content (AvgIpc) is 2.14. The molecule has 0 bridgehead atoms. The summed E-state index contributed by atoms with van der Waals surface area (Å²) in [4.78, 5) is 0. The Balaban J connectivity index is 2.92. The van der Waals surface area contributed by atoms with Gasteiger partial charge in [-0.05, 0) is 6.92 Å². The fraction of sp³-hybridized carbons (Fsp3) is 0.400. The molecule has 0 aliphatic carbocycles. The fourth-order valence-corrected chi connectivity index (χ4v) is 0.511. The molecule has 0 spiro atoms. The second-order valence-electron chi connectivity index (χ2n) is 1.64. The van der Waals surface area contributed by atoms with Gasteiger partial charge in [-0.1, -0.05) is 5.16 Å². The molecule has 1 rings (SSSR count). The predicted molar refractivity (Wildman–Crippen MR) is 29.1 cm³/mol. The third kappa shape index (κ3) is 0.721. The molecule has 8 heavy (non-hydrogen) atoms. The van der Waals surface area contributed by atoms with E-state index in [0.29, 0.717) is 6.54 Å². The molecular formula is C5H8N2O. The van der Waals surface area contributed by atoms with Crippen molar-refractivity contribution in [3.8, 4) is 0 Å². The van der Waals surface area contributed by atoms with Gasteiger partial charge in [0.2, 0.25) is 0 Å². The highest BCUT2D eigenvalue weighted by atomic mass is 16.5. The maximum absolute atomic E-state index is 5.26. The average molecular weight is 112 g/mol. The standard InChI is InChI=1S/C5H8N2O/c1-4-3-7-8-5(4)2-6/h3H,2,6H2,1H3. The maximum Gasteiger partial charge on any atom is 0.153 e. The molecule has 3 heteroatoms. The summed E-state index contributed by atoms with van der Waals surface area (Å²) in [6, 6.07) is 0. The smallest absolute Gasteiger partial charge is 0.153 e. The first-order chi connectivity index (χ1) is 3.84. The molecule has 0 saturated heterocycles. The fourth-order valence-electron chi connectivity index (χ4n) is 0.511. The van der Waals surface area contributed by atoms with Gasteiger partial charge in [0.25, 0.3) is 0 Å². The van der Waals surface area contributed by atoms with Crippen LogP contribution in [0.25, 0.3) is 0 Å². The lowest BCUT2D eigenvalue weighted by Gasteiger charge is -1.84. The highest BCUT2D eigenvalue weighted by molar-refractivity contribution is 5.09. The molecule has 0 aliphatic heterocycles. The largest absolute Gasteiger partial charge is 0.360 e. The molecule has 1 aromatic rings. The van der Waals surface area contributed by atoms with Gasteiger partial charge in [0, 0.05) is 5.56 Å². The monoisotopic (exact) mass is 112 g/mol. The van der Waals surface area contributed by atoms with Crippen molar-refractivity contribution in [2.24, 2.45) is 5.73 Å². The first-order valence-corrected chi connectivity index (χ1v) is 2.45. The summed E-state index contributed by atoms with van der Waals surface area (Å²) < 4.78 is 4.74. The van der Waals surface area contributed by atoms with Gasteiger partial charge in [-0.25, -0.2) is 0 Å². The molecule has 1 heterocycles. The Bertz CT molecular complexity index is 171. The van der Waals surface area contributed by atoms with Crippen molar-refractivity contribution in [3.63, 3.8) is 0 Å². The van der Waals surface area contributed by atoms with Gasteiger partial charge >= 0.3 is 0 Å². The second-order valence-corrected chi connectivity index (χ2v) is 1.64. The number of rotatable bonds is 1. The van der Waals surface area contributed by atoms with Gasteiger partial charge in [0.15, 0.2) is 5.76 Å². The van der Waals surface area contributed by atoms with Gasteiger partial charge in [-0.15, -0.1) is 0 Å². The van der Waals surface area contributed by atoms with Crippen molar-refractivity contribution in [1.29, 1.82) is 0 Å². The van der Waals surface area contributed by atoms with Crippen molar-refractivity contribution in [2.45, 2.75) is 13.5 Å². The van der Waals surface area contributed by atoms with Gasteiger partial charge in [-0.3, -0.25) is 0 Å². The van der Waals surface area contributed by atoms with Crippen LogP contribution < -0.4 is 5.73 Å². The molecule has 0 saturated carbocycles. The third-order valence-electron chi connectivity index (χ3n) is 1.03. The summed E-state index contributed by atoms with van der Waals surface area (Å²) in [6.45, 7) is 2.35. The van der Waals surface area contributed by atoms with Crippen LogP contribution in [0.3, 0.4) is 0 Å². The molecule has 0 unspecified atom stereocenters. The minimum Gasteiger partial charge on any atom is -0.360 e. The molecule has 0 atom stereocenters. The highest BCUT2D eigenvalue weighted by Gasteiger charge is 1.97. The lowest BCUT2D eigenvalue weighted by Crippen LogP contribution is -1.95. The van der Waals surface area contributed by atoms with Crippen LogP contribution in [-0.4, -0.2) is 5.16 Å². The molecule has 0 aromatic carbocycles. The quantitative estimate of drug-likeness (QED) is 0.573. The maximum atomic E-state index is 5.26. The van der Waals surface area contributed by atoms with Gasteiger partial charge in [0.05, 0.1) is 12.7 Å². The molecule has 0 amide bonds. The summed E-state index contributed by atoms with van der Waals surface area (Å²) in [5, 5.41) is 3.54. The number of aromatic nitrogens is 1. The number of nitrogens with two attached hydrogens (primary N) is 1. The van der Waals surface area contributed by atoms with Crippen LogP contribution in [0.2, 0.25) is 0 Å². The third-order valence-corrected chi connectivity index (χ3v) is 1.03. The number of nitrogens with zero attached hydrogens (tertiary/aromatic N) is 1. The van der Waals surface area contributed by atoms with Crippen LogP contribution in [0, 0.1) is 6.92 Å². The van der Waals surface area contributed by atoms with Crippen LogP contribution in [0.4, 0.5) is 0 Å². The van der Waals surface area contributed by atoms with Crippen LogP contribution in [0.5, 0.6) is 0 Å². The Morgan fingerprint density at radius 1 is 1.88 bits per heavy atom. The normalized spacial score (nSPS) is 9.75. The van der Waals surface area contributed by atoms with Crippen LogP contribution in [-0.2, 0) is 6.54 Å². The van der Waals surface area contributed by atoms with E-state index < -0.39 is 0 Å². The van der Waals surface area contributed by atoms with Crippen molar-refractivity contribution < 1.29 is 4.52 Å². The molecule has 0 aliphatic rings. The lowest BCUT2D eigenvalue weighted by atomic mass is 10.3. The number of aryl methyl sites for hydroxylation is 1. The van der Waals surface area contributed by atoms with Crippen molar-refractivity contribution >= 4 is 0 Å². The van der Waals surface area contributed by atoms with E-state index >= 15 is 0 Å². The summed E-state index contributed by atoms with van der Waals surface area (Å²) in [5.41, 5.74) is 6.28. The van der Waals surface area contributed by atoms with Gasteiger partial charge in [-0.2, -0.15) is 0 Å². The second kappa shape index (κ2) is 1.96. The Morgan fingerprint density at radius 3 is 2.88 bits per heavy atom. The lowest BCUT2D eigenvalue weighted by molar-refractivity contribution is 0.384. The molecule has 1 aromatic heterocycles. The zero-order chi connectivity index (χ0) is 5.98.